The third-order valence-corrected chi connectivity index (χ3v) is 2.41. The molecule has 6 nitrogen and oxygen atoms in total. The Morgan fingerprint density at radius 1 is 1.33 bits per heavy atom. The van der Waals surface area contributed by atoms with Crippen LogP contribution in [0.25, 0.3) is 0 Å². The van der Waals surface area contributed by atoms with Crippen LogP contribution >= 0.6 is 0 Å². The summed E-state index contributed by atoms with van der Waals surface area (Å²) in [6, 6.07) is 0. The Bertz CT molecular complexity index is 374. The molecule has 102 valence electrons. The highest BCUT2D eigenvalue weighted by molar-refractivity contribution is 5.79. The number of aromatic nitrogens is 2. The van der Waals surface area contributed by atoms with E-state index in [0.717, 1.165) is 18.1 Å². The first-order chi connectivity index (χ1) is 8.54. The largest absolute Gasteiger partial charge is 0.383 e. The van der Waals surface area contributed by atoms with Crippen molar-refractivity contribution in [2.24, 2.45) is 4.99 Å². The molecule has 0 saturated heterocycles. The Morgan fingerprint density at radius 3 is 2.56 bits per heavy atom. The van der Waals surface area contributed by atoms with Crippen molar-refractivity contribution in [1.82, 2.24) is 19.6 Å². The van der Waals surface area contributed by atoms with Crippen molar-refractivity contribution in [2.45, 2.75) is 13.1 Å². The number of rotatable bonds is 5. The molecule has 0 unspecified atom stereocenters. The van der Waals surface area contributed by atoms with Gasteiger partial charge in [0.15, 0.2) is 5.96 Å². The zero-order chi connectivity index (χ0) is 13.5. The fourth-order valence-electron chi connectivity index (χ4n) is 1.64. The van der Waals surface area contributed by atoms with Gasteiger partial charge in [0, 0.05) is 47.1 Å². The summed E-state index contributed by atoms with van der Waals surface area (Å²) in [7, 11) is 9.64. The topological polar surface area (TPSA) is 45.9 Å². The van der Waals surface area contributed by atoms with E-state index in [1.807, 2.05) is 55.1 Å². The average molecular weight is 253 g/mol. The average Bonchev–Trinajstić information content (AvgIpc) is 2.73. The van der Waals surface area contributed by atoms with Crippen molar-refractivity contribution in [3.8, 4) is 0 Å². The lowest BCUT2D eigenvalue weighted by atomic mass is 10.4. The first-order valence-electron chi connectivity index (χ1n) is 5.94. The molecule has 0 spiro atoms. The van der Waals surface area contributed by atoms with Crippen LogP contribution in [-0.2, 0) is 17.8 Å². The maximum Gasteiger partial charge on any atom is 0.195 e. The van der Waals surface area contributed by atoms with E-state index in [1.54, 1.807) is 7.11 Å². The lowest BCUT2D eigenvalue weighted by Gasteiger charge is -2.22. The molecule has 0 saturated carbocycles. The summed E-state index contributed by atoms with van der Waals surface area (Å²) >= 11 is 0. The maximum absolute atomic E-state index is 5.01. The molecule has 0 N–H and O–H groups in total. The van der Waals surface area contributed by atoms with Gasteiger partial charge in [-0.25, -0.2) is 4.99 Å². The minimum atomic E-state index is 0.638. The smallest absolute Gasteiger partial charge is 0.195 e. The van der Waals surface area contributed by atoms with E-state index in [2.05, 4.69) is 10.1 Å². The van der Waals surface area contributed by atoms with E-state index < -0.39 is 0 Å². The summed E-state index contributed by atoms with van der Waals surface area (Å²) in [5, 5.41) is 4.26. The summed E-state index contributed by atoms with van der Waals surface area (Å²) in [5.74, 6) is 0.944. The molecule has 18 heavy (non-hydrogen) atoms. The maximum atomic E-state index is 5.01. The molecule has 0 aromatic carbocycles. The standard InChI is InChI=1S/C12H23N5O/c1-15(2)12(16(3)4)13-8-11-9-14-17(10-11)6-7-18-5/h9-10H,6-8H2,1-5H3. The van der Waals surface area contributed by atoms with Crippen LogP contribution in [0.2, 0.25) is 0 Å². The fraction of sp³-hybridized carbons (Fsp3) is 0.667. The summed E-state index contributed by atoms with van der Waals surface area (Å²) in [6.45, 7) is 2.08. The Labute approximate surface area is 109 Å². The molecule has 1 aromatic heterocycles. The molecule has 0 aliphatic heterocycles. The molecule has 1 rings (SSSR count). The number of methoxy groups -OCH3 is 1. The molecule has 6 heteroatoms. The zero-order valence-electron chi connectivity index (χ0n) is 11.9. The number of hydrogen-bond donors (Lipinski definition) is 0. The van der Waals surface area contributed by atoms with Crippen LogP contribution in [0.5, 0.6) is 0 Å². The zero-order valence-corrected chi connectivity index (χ0v) is 11.9. The molecule has 0 bridgehead atoms. The first-order valence-corrected chi connectivity index (χ1v) is 5.94. The molecule has 0 aliphatic carbocycles. The van der Waals surface area contributed by atoms with E-state index in [-0.39, 0.29) is 0 Å². The van der Waals surface area contributed by atoms with Gasteiger partial charge in [-0.05, 0) is 0 Å². The van der Waals surface area contributed by atoms with Crippen LogP contribution in [0.15, 0.2) is 17.4 Å². The van der Waals surface area contributed by atoms with Crippen molar-refractivity contribution in [3.63, 3.8) is 0 Å². The van der Waals surface area contributed by atoms with Gasteiger partial charge < -0.3 is 14.5 Å². The number of aliphatic imine (C=N–C) groups is 1. The van der Waals surface area contributed by atoms with Crippen LogP contribution in [-0.4, -0.2) is 67.4 Å². The fourth-order valence-corrected chi connectivity index (χ4v) is 1.64. The Morgan fingerprint density at radius 2 is 2.00 bits per heavy atom. The molecule has 0 amide bonds. The Kier molecular flexibility index (Phi) is 5.64. The normalized spacial score (nSPS) is 10.3. The van der Waals surface area contributed by atoms with Gasteiger partial charge in [0.2, 0.25) is 0 Å². The minimum absolute atomic E-state index is 0.638. The second-order valence-corrected chi connectivity index (χ2v) is 4.51. The second kappa shape index (κ2) is 7.00. The summed E-state index contributed by atoms with van der Waals surface area (Å²) in [5.41, 5.74) is 1.10. The van der Waals surface area contributed by atoms with Crippen molar-refractivity contribution in [2.75, 3.05) is 41.9 Å². The predicted octanol–water partition coefficient (Wildman–Crippen LogP) is 0.509. The molecular formula is C12H23N5O. The number of hydrogen-bond acceptors (Lipinski definition) is 3. The van der Waals surface area contributed by atoms with Crippen LogP contribution in [0.3, 0.4) is 0 Å². The van der Waals surface area contributed by atoms with E-state index in [1.165, 1.54) is 0 Å². The second-order valence-electron chi connectivity index (χ2n) is 4.51. The quantitative estimate of drug-likeness (QED) is 0.566. The molecule has 0 atom stereocenters. The van der Waals surface area contributed by atoms with Crippen molar-refractivity contribution >= 4 is 5.96 Å². The van der Waals surface area contributed by atoms with Gasteiger partial charge in [0.1, 0.15) is 0 Å². The highest BCUT2D eigenvalue weighted by atomic mass is 16.5. The SMILES string of the molecule is COCCn1cc(CN=C(N(C)C)N(C)C)cn1. The van der Waals surface area contributed by atoms with Gasteiger partial charge >= 0.3 is 0 Å². The first kappa shape index (κ1) is 14.5. The number of ether oxygens (including phenoxy) is 1. The highest BCUT2D eigenvalue weighted by Gasteiger charge is 2.04. The molecule has 0 fully saturated rings. The lowest BCUT2D eigenvalue weighted by molar-refractivity contribution is 0.183. The van der Waals surface area contributed by atoms with Gasteiger partial charge in [-0.2, -0.15) is 5.10 Å². The third-order valence-electron chi connectivity index (χ3n) is 2.41. The minimum Gasteiger partial charge on any atom is -0.383 e. The van der Waals surface area contributed by atoms with Gasteiger partial charge in [0.05, 0.1) is 25.9 Å². The van der Waals surface area contributed by atoms with Gasteiger partial charge in [0.25, 0.3) is 0 Å². The molecular weight excluding hydrogens is 230 g/mol. The van der Waals surface area contributed by atoms with Crippen LogP contribution < -0.4 is 0 Å². The van der Waals surface area contributed by atoms with E-state index in [0.29, 0.717) is 13.2 Å². The monoisotopic (exact) mass is 253 g/mol. The van der Waals surface area contributed by atoms with Crippen molar-refractivity contribution in [3.05, 3.63) is 18.0 Å². The molecule has 0 radical (unpaired) electrons. The van der Waals surface area contributed by atoms with Gasteiger partial charge in [-0.1, -0.05) is 0 Å². The Hall–Kier alpha value is -1.56. The summed E-state index contributed by atoms with van der Waals surface area (Å²) in [4.78, 5) is 8.56. The van der Waals surface area contributed by atoms with Gasteiger partial charge in [-0.15, -0.1) is 0 Å². The molecule has 1 aromatic rings. The van der Waals surface area contributed by atoms with E-state index in [4.69, 9.17) is 4.74 Å². The van der Waals surface area contributed by atoms with Gasteiger partial charge in [-0.3, -0.25) is 4.68 Å². The third kappa shape index (κ3) is 4.37. The summed E-state index contributed by atoms with van der Waals surface area (Å²) in [6.07, 6.45) is 3.85. The van der Waals surface area contributed by atoms with Crippen molar-refractivity contribution in [1.29, 1.82) is 0 Å². The highest BCUT2D eigenvalue weighted by Crippen LogP contribution is 2.01. The van der Waals surface area contributed by atoms with Crippen LogP contribution in [0, 0.1) is 0 Å². The lowest BCUT2D eigenvalue weighted by Crippen LogP contribution is -2.35. The van der Waals surface area contributed by atoms with E-state index in [9.17, 15) is 0 Å². The number of guanidine groups is 1. The van der Waals surface area contributed by atoms with Crippen LogP contribution in [0.1, 0.15) is 5.56 Å². The van der Waals surface area contributed by atoms with E-state index >= 15 is 0 Å². The van der Waals surface area contributed by atoms with Crippen molar-refractivity contribution < 1.29 is 4.74 Å². The summed E-state index contributed by atoms with van der Waals surface area (Å²) < 4.78 is 6.89. The van der Waals surface area contributed by atoms with Crippen LogP contribution in [0.4, 0.5) is 0 Å². The Balaban J connectivity index is 2.61. The molecule has 1 heterocycles. The predicted molar refractivity (Wildman–Crippen MR) is 72.6 cm³/mol. The number of nitrogens with zero attached hydrogens (tertiary/aromatic N) is 5. The molecule has 0 aliphatic rings.